The number of fused-ring (bicyclic) bond motifs is 1. The Hall–Kier alpha value is -3.33. The highest BCUT2D eigenvalue weighted by Crippen LogP contribution is 2.30. The lowest BCUT2D eigenvalue weighted by Crippen LogP contribution is -2.05. The molecule has 0 saturated carbocycles. The molecule has 0 amide bonds. The fraction of sp³-hybridized carbons (Fsp3) is 0.154. The van der Waals surface area contributed by atoms with Gasteiger partial charge in [0.2, 0.25) is 0 Å². The van der Waals surface area contributed by atoms with E-state index in [1.165, 1.54) is 28.5 Å². The predicted octanol–water partition coefficient (Wildman–Crippen LogP) is 6.73. The molecule has 29 heavy (non-hydrogen) atoms. The topological polar surface area (TPSA) is 21.3 Å². The molecule has 0 spiro atoms. The first-order valence-electron chi connectivity index (χ1n) is 9.93. The van der Waals surface area contributed by atoms with Gasteiger partial charge in [-0.05, 0) is 58.7 Å². The van der Waals surface area contributed by atoms with Crippen molar-refractivity contribution in [1.29, 1.82) is 0 Å². The maximum atomic E-state index is 13.1. The summed E-state index contributed by atoms with van der Waals surface area (Å²) in [6.45, 7) is 3.21. The molecule has 3 heteroatoms. The monoisotopic (exact) mass is 385 g/mol. The third-order valence-corrected chi connectivity index (χ3v) is 5.14. The zero-order valence-electron chi connectivity index (χ0n) is 16.5. The molecule has 1 N–H and O–H groups in total. The SMILES string of the molecule is CCc1ccc(NCc2c(OCc3ccc(F)cc3)ccc3ccccc23)cc1. The van der Waals surface area contributed by atoms with E-state index < -0.39 is 0 Å². The van der Waals surface area contributed by atoms with Crippen molar-refractivity contribution >= 4 is 16.5 Å². The molecule has 2 nitrogen and oxygen atoms in total. The van der Waals surface area contributed by atoms with Gasteiger partial charge in [0, 0.05) is 17.8 Å². The average Bonchev–Trinajstić information content (AvgIpc) is 2.78. The Kier molecular flexibility index (Phi) is 5.76. The van der Waals surface area contributed by atoms with Crippen LogP contribution in [0.5, 0.6) is 5.75 Å². The van der Waals surface area contributed by atoms with E-state index >= 15 is 0 Å². The molecule has 4 rings (SSSR count). The predicted molar refractivity (Wildman–Crippen MR) is 118 cm³/mol. The quantitative estimate of drug-likeness (QED) is 0.381. The van der Waals surface area contributed by atoms with E-state index in [0.29, 0.717) is 13.2 Å². The molecule has 4 aromatic carbocycles. The van der Waals surface area contributed by atoms with E-state index in [1.807, 2.05) is 18.2 Å². The molecule has 0 aliphatic rings. The minimum absolute atomic E-state index is 0.238. The number of hydrogen-bond acceptors (Lipinski definition) is 2. The van der Waals surface area contributed by atoms with Gasteiger partial charge in [0.1, 0.15) is 18.2 Å². The van der Waals surface area contributed by atoms with Crippen LogP contribution in [0.25, 0.3) is 10.8 Å². The summed E-state index contributed by atoms with van der Waals surface area (Å²) in [6.07, 6.45) is 1.03. The van der Waals surface area contributed by atoms with Crippen molar-refractivity contribution in [1.82, 2.24) is 0 Å². The van der Waals surface area contributed by atoms with Crippen LogP contribution in [0.1, 0.15) is 23.6 Å². The fourth-order valence-electron chi connectivity index (χ4n) is 3.42. The van der Waals surface area contributed by atoms with Gasteiger partial charge < -0.3 is 10.1 Å². The van der Waals surface area contributed by atoms with Crippen LogP contribution in [0, 0.1) is 5.82 Å². The van der Waals surface area contributed by atoms with Gasteiger partial charge in [0.05, 0.1) is 0 Å². The number of aryl methyl sites for hydroxylation is 1. The number of ether oxygens (including phenoxy) is 1. The molecular formula is C26H24FNO. The third-order valence-electron chi connectivity index (χ3n) is 5.14. The first-order chi connectivity index (χ1) is 14.2. The molecule has 4 aromatic rings. The molecule has 0 fully saturated rings. The summed E-state index contributed by atoms with van der Waals surface area (Å²) in [7, 11) is 0. The zero-order chi connectivity index (χ0) is 20.1. The molecule has 0 atom stereocenters. The molecule has 0 saturated heterocycles. The summed E-state index contributed by atoms with van der Waals surface area (Å²) < 4.78 is 19.3. The Balaban J connectivity index is 1.58. The van der Waals surface area contributed by atoms with Crippen LogP contribution in [0.4, 0.5) is 10.1 Å². The van der Waals surface area contributed by atoms with Gasteiger partial charge in [0.15, 0.2) is 0 Å². The van der Waals surface area contributed by atoms with Crippen molar-refractivity contribution < 1.29 is 9.13 Å². The van der Waals surface area contributed by atoms with Crippen molar-refractivity contribution in [3.63, 3.8) is 0 Å². The van der Waals surface area contributed by atoms with Crippen LogP contribution in [-0.2, 0) is 19.6 Å². The number of benzene rings is 4. The second-order valence-corrected chi connectivity index (χ2v) is 7.08. The molecule has 0 aromatic heterocycles. The molecule has 0 aliphatic carbocycles. The van der Waals surface area contributed by atoms with Gasteiger partial charge in [-0.25, -0.2) is 4.39 Å². The van der Waals surface area contributed by atoms with Gasteiger partial charge in [-0.2, -0.15) is 0 Å². The maximum absolute atomic E-state index is 13.1. The Morgan fingerprint density at radius 1 is 0.793 bits per heavy atom. The van der Waals surface area contributed by atoms with Gasteiger partial charge in [-0.1, -0.05) is 61.5 Å². The first kappa shape index (κ1) is 19.0. The van der Waals surface area contributed by atoms with Crippen molar-refractivity contribution in [2.24, 2.45) is 0 Å². The second kappa shape index (κ2) is 8.78. The summed E-state index contributed by atoms with van der Waals surface area (Å²) in [6, 6.07) is 27.4. The highest BCUT2D eigenvalue weighted by molar-refractivity contribution is 5.88. The minimum atomic E-state index is -0.238. The standard InChI is InChI=1S/C26H24FNO/c1-2-19-9-14-23(15-10-19)28-17-25-24-6-4-3-5-21(24)11-16-26(25)29-18-20-7-12-22(27)13-8-20/h3-16,28H,2,17-18H2,1H3. The van der Waals surface area contributed by atoms with Gasteiger partial charge in [-0.3, -0.25) is 0 Å². The van der Waals surface area contributed by atoms with Gasteiger partial charge in [-0.15, -0.1) is 0 Å². The van der Waals surface area contributed by atoms with E-state index in [1.54, 1.807) is 12.1 Å². The Morgan fingerprint density at radius 3 is 2.28 bits per heavy atom. The van der Waals surface area contributed by atoms with Crippen LogP contribution in [0.3, 0.4) is 0 Å². The lowest BCUT2D eigenvalue weighted by molar-refractivity contribution is 0.303. The molecule has 0 unspecified atom stereocenters. The minimum Gasteiger partial charge on any atom is -0.489 e. The average molecular weight is 385 g/mol. The summed E-state index contributed by atoms with van der Waals surface area (Å²) in [5.74, 6) is 0.601. The van der Waals surface area contributed by atoms with E-state index in [9.17, 15) is 4.39 Å². The van der Waals surface area contributed by atoms with Crippen LogP contribution in [0.15, 0.2) is 84.9 Å². The summed E-state index contributed by atoms with van der Waals surface area (Å²) >= 11 is 0. The van der Waals surface area contributed by atoms with Gasteiger partial charge >= 0.3 is 0 Å². The Morgan fingerprint density at radius 2 is 1.52 bits per heavy atom. The van der Waals surface area contributed by atoms with Crippen molar-refractivity contribution in [2.45, 2.75) is 26.5 Å². The van der Waals surface area contributed by atoms with E-state index in [0.717, 1.165) is 29.0 Å². The number of halogens is 1. The van der Waals surface area contributed by atoms with Gasteiger partial charge in [0.25, 0.3) is 0 Å². The Bertz CT molecular complexity index is 1090. The number of hydrogen-bond donors (Lipinski definition) is 1. The lowest BCUT2D eigenvalue weighted by Gasteiger charge is -2.16. The molecule has 146 valence electrons. The van der Waals surface area contributed by atoms with Crippen molar-refractivity contribution in [2.75, 3.05) is 5.32 Å². The highest BCUT2D eigenvalue weighted by atomic mass is 19.1. The van der Waals surface area contributed by atoms with Crippen LogP contribution in [-0.4, -0.2) is 0 Å². The van der Waals surface area contributed by atoms with E-state index in [-0.39, 0.29) is 5.82 Å². The van der Waals surface area contributed by atoms with Crippen molar-refractivity contribution in [3.8, 4) is 5.75 Å². The van der Waals surface area contributed by atoms with Crippen LogP contribution in [0.2, 0.25) is 0 Å². The van der Waals surface area contributed by atoms with Crippen LogP contribution < -0.4 is 10.1 Å². The smallest absolute Gasteiger partial charge is 0.125 e. The molecule has 0 bridgehead atoms. The summed E-state index contributed by atoms with van der Waals surface area (Å²) in [5, 5.41) is 5.87. The zero-order valence-corrected chi connectivity index (χ0v) is 16.5. The second-order valence-electron chi connectivity index (χ2n) is 7.08. The number of nitrogens with one attached hydrogen (secondary N) is 1. The summed E-state index contributed by atoms with van der Waals surface area (Å²) in [4.78, 5) is 0. The third kappa shape index (κ3) is 4.57. The molecular weight excluding hydrogens is 361 g/mol. The largest absolute Gasteiger partial charge is 0.489 e. The number of anilines is 1. The summed E-state index contributed by atoms with van der Waals surface area (Å²) in [5.41, 5.74) is 4.46. The molecule has 0 radical (unpaired) electrons. The molecule has 0 heterocycles. The molecule has 0 aliphatic heterocycles. The fourth-order valence-corrected chi connectivity index (χ4v) is 3.42. The van der Waals surface area contributed by atoms with Crippen molar-refractivity contribution in [3.05, 3.63) is 107 Å². The normalized spacial score (nSPS) is 10.8. The number of rotatable bonds is 7. The highest BCUT2D eigenvalue weighted by Gasteiger charge is 2.10. The van der Waals surface area contributed by atoms with E-state index in [4.69, 9.17) is 4.74 Å². The Labute approximate surface area is 171 Å². The maximum Gasteiger partial charge on any atom is 0.125 e. The van der Waals surface area contributed by atoms with E-state index in [2.05, 4.69) is 54.7 Å². The first-order valence-corrected chi connectivity index (χ1v) is 9.93. The van der Waals surface area contributed by atoms with Crippen LogP contribution >= 0.6 is 0 Å². The lowest BCUT2D eigenvalue weighted by atomic mass is 10.0.